The van der Waals surface area contributed by atoms with Gasteiger partial charge in [0.05, 0.1) is 29.9 Å². The molecule has 6 rings (SSSR count). The topological polar surface area (TPSA) is 133 Å². The summed E-state index contributed by atoms with van der Waals surface area (Å²) in [5.74, 6) is -1.92. The van der Waals surface area contributed by atoms with Gasteiger partial charge in [-0.3, -0.25) is 14.4 Å². The van der Waals surface area contributed by atoms with Crippen molar-refractivity contribution in [2.45, 2.75) is 37.0 Å². The van der Waals surface area contributed by atoms with Gasteiger partial charge in [0.1, 0.15) is 17.7 Å². The minimum absolute atomic E-state index is 0.0671. The minimum Gasteiger partial charge on any atom is -0.346 e. The average Bonchev–Trinajstić information content (AvgIpc) is 3.62. The number of nitrogens with one attached hydrogen (secondary N) is 1. The highest BCUT2D eigenvalue weighted by Crippen LogP contribution is 2.45. The highest BCUT2D eigenvalue weighted by atomic mass is 19.4. The molecule has 2 aliphatic rings. The van der Waals surface area contributed by atoms with E-state index >= 15 is 0 Å². The highest BCUT2D eigenvalue weighted by molar-refractivity contribution is 5.92. The second-order valence-corrected chi connectivity index (χ2v) is 9.67. The Kier molecular flexibility index (Phi) is 5.73. The van der Waals surface area contributed by atoms with Crippen molar-refractivity contribution in [2.24, 2.45) is 0 Å². The van der Waals surface area contributed by atoms with E-state index in [0.29, 0.717) is 50.4 Å². The lowest BCUT2D eigenvalue weighted by atomic mass is 9.70. The summed E-state index contributed by atoms with van der Waals surface area (Å²) < 4.78 is 49.1. The van der Waals surface area contributed by atoms with Crippen LogP contribution in [0, 0.1) is 11.3 Å². The number of amides is 1. The van der Waals surface area contributed by atoms with Crippen LogP contribution < -0.4 is 0 Å². The van der Waals surface area contributed by atoms with Crippen LogP contribution >= 0.6 is 0 Å². The second-order valence-electron chi connectivity index (χ2n) is 9.67. The number of fused-ring (bicyclic) bond motifs is 1. The highest BCUT2D eigenvalue weighted by Gasteiger charge is 2.49. The molecule has 1 saturated heterocycles. The number of aromatic amines is 1. The second kappa shape index (κ2) is 9.42. The van der Waals surface area contributed by atoms with Crippen molar-refractivity contribution in [3.8, 4) is 17.3 Å². The zero-order valence-corrected chi connectivity index (χ0v) is 20.5. The lowest BCUT2D eigenvalue weighted by molar-refractivity contribution is -0.145. The van der Waals surface area contributed by atoms with Crippen molar-refractivity contribution in [2.75, 3.05) is 26.2 Å². The number of rotatable bonds is 5. The van der Waals surface area contributed by atoms with Crippen molar-refractivity contribution in [1.82, 2.24) is 44.5 Å². The number of alkyl halides is 3. The molecule has 1 saturated carbocycles. The number of nitrogens with zero attached hydrogens (tertiary/aromatic N) is 9. The number of nitriles is 1. The van der Waals surface area contributed by atoms with Gasteiger partial charge in [-0.2, -0.15) is 23.5 Å². The van der Waals surface area contributed by atoms with Crippen LogP contribution in [-0.2, 0) is 11.7 Å². The molecule has 1 N–H and O–H groups in total. The van der Waals surface area contributed by atoms with Crippen molar-refractivity contribution in [3.63, 3.8) is 0 Å². The summed E-state index contributed by atoms with van der Waals surface area (Å²) in [6, 6.07) is 5.20. The zero-order valence-electron chi connectivity index (χ0n) is 21.5. The Bertz CT molecular complexity index is 1600. The molecular formula is C25H23F3N10O. The largest absolute Gasteiger partial charge is 0.451 e. The van der Waals surface area contributed by atoms with E-state index < -0.39 is 29.8 Å². The first-order chi connectivity index (χ1) is 19.2. The molecule has 1 aliphatic carbocycles. The van der Waals surface area contributed by atoms with Gasteiger partial charge in [-0.1, -0.05) is 0 Å². The maximum absolute atomic E-state index is 13.0. The number of hydrogen-bond acceptors (Lipinski definition) is 8. The number of carbonyl (C=O) groups excluding carboxylic acids is 1. The van der Waals surface area contributed by atoms with E-state index in [1.807, 2.05) is 12.3 Å². The van der Waals surface area contributed by atoms with E-state index in [-0.39, 0.29) is 11.7 Å². The van der Waals surface area contributed by atoms with E-state index in [0.717, 1.165) is 17.1 Å². The standard InChI is InChI=1S/C25H23F3N10O/c26-25(27,28)23-31-6-2-19(35-23)22(39)37-9-7-36(8-10-37)17-11-24(12-17,3-4-29)38-14-16(13-34-38)20-18-1-5-30-21(18)33-15-32-20/h1-2,5-6,13-15,17H,3,7-12H2,(H,30,32,33)/t17-,24-/i3D/t3?,17-,24-. The van der Waals surface area contributed by atoms with Crippen LogP contribution in [0.3, 0.4) is 0 Å². The Hall–Kier alpha value is -4.38. The molecule has 4 aromatic rings. The minimum atomic E-state index is -4.73. The van der Waals surface area contributed by atoms with Crippen LogP contribution in [0.5, 0.6) is 0 Å². The van der Waals surface area contributed by atoms with Crippen molar-refractivity contribution in [3.05, 3.63) is 54.8 Å². The fourth-order valence-corrected chi connectivity index (χ4v) is 5.36. The van der Waals surface area contributed by atoms with Gasteiger partial charge in [0, 0.05) is 63.1 Å². The molecule has 4 aromatic heterocycles. The Labute approximate surface area is 221 Å². The molecule has 1 amide bonds. The summed E-state index contributed by atoms with van der Waals surface area (Å²) in [4.78, 5) is 34.8. The van der Waals surface area contributed by atoms with Gasteiger partial charge in [0.15, 0.2) is 0 Å². The maximum atomic E-state index is 13.0. The number of H-pyrrole nitrogens is 1. The van der Waals surface area contributed by atoms with Crippen LogP contribution in [0.2, 0.25) is 0 Å². The number of halogens is 3. The van der Waals surface area contributed by atoms with Crippen LogP contribution in [0.4, 0.5) is 13.2 Å². The van der Waals surface area contributed by atoms with Crippen molar-refractivity contribution in [1.29, 1.82) is 5.26 Å². The predicted octanol–water partition coefficient (Wildman–Crippen LogP) is 2.86. The maximum Gasteiger partial charge on any atom is 0.451 e. The molecule has 5 heterocycles. The van der Waals surface area contributed by atoms with E-state index in [2.05, 4.69) is 41.0 Å². The normalized spacial score (nSPS) is 23.2. The molecule has 0 spiro atoms. The molecule has 200 valence electrons. The first kappa shape index (κ1) is 23.7. The molecule has 2 fully saturated rings. The van der Waals surface area contributed by atoms with Crippen LogP contribution in [0.25, 0.3) is 22.3 Å². The quantitative estimate of drug-likeness (QED) is 0.411. The number of carbonyl (C=O) groups is 1. The van der Waals surface area contributed by atoms with Gasteiger partial charge >= 0.3 is 6.18 Å². The molecular weight excluding hydrogens is 513 g/mol. The van der Waals surface area contributed by atoms with Gasteiger partial charge in [-0.15, -0.1) is 0 Å². The van der Waals surface area contributed by atoms with E-state index in [1.165, 1.54) is 17.3 Å². The smallest absolute Gasteiger partial charge is 0.346 e. The molecule has 1 unspecified atom stereocenters. The van der Waals surface area contributed by atoms with Gasteiger partial charge in [-0.05, 0) is 25.0 Å². The fraction of sp³-hybridized carbons (Fsp3) is 0.400. The summed E-state index contributed by atoms with van der Waals surface area (Å²) in [7, 11) is 0. The third-order valence-electron chi connectivity index (χ3n) is 7.42. The molecule has 0 aromatic carbocycles. The Morgan fingerprint density at radius 1 is 1.21 bits per heavy atom. The SMILES string of the molecule is [2H]C(C#N)[C@]1(n2cc(-c3ncnc4[nH]ccc34)cn2)C[C@H](N2CCN(C(=O)c3ccnc(C(F)(F)F)n3)CC2)C1. The Balaban J connectivity index is 1.13. The Morgan fingerprint density at radius 3 is 2.74 bits per heavy atom. The van der Waals surface area contributed by atoms with E-state index in [4.69, 9.17) is 1.37 Å². The monoisotopic (exact) mass is 537 g/mol. The van der Waals surface area contributed by atoms with E-state index in [1.54, 1.807) is 17.1 Å². The summed E-state index contributed by atoms with van der Waals surface area (Å²) in [6.45, 7) is 1.66. The van der Waals surface area contributed by atoms with Gasteiger partial charge in [-0.25, -0.2) is 19.9 Å². The van der Waals surface area contributed by atoms with Gasteiger partial charge < -0.3 is 9.88 Å². The van der Waals surface area contributed by atoms with Gasteiger partial charge in [0.2, 0.25) is 5.82 Å². The number of aromatic nitrogens is 7. The Morgan fingerprint density at radius 2 is 2.00 bits per heavy atom. The zero-order chi connectivity index (χ0) is 28.1. The molecule has 1 atom stereocenters. The predicted molar refractivity (Wildman–Crippen MR) is 131 cm³/mol. The first-order valence-electron chi connectivity index (χ1n) is 12.9. The first-order valence-corrected chi connectivity index (χ1v) is 12.3. The van der Waals surface area contributed by atoms with Crippen LogP contribution in [-0.4, -0.2) is 82.6 Å². The van der Waals surface area contributed by atoms with Crippen molar-refractivity contribution < 1.29 is 19.3 Å². The molecule has 39 heavy (non-hydrogen) atoms. The van der Waals surface area contributed by atoms with Crippen LogP contribution in [0.15, 0.2) is 43.2 Å². The third kappa shape index (κ3) is 4.48. The average molecular weight is 538 g/mol. The van der Waals surface area contributed by atoms with E-state index in [9.17, 15) is 23.2 Å². The van der Waals surface area contributed by atoms with Crippen molar-refractivity contribution >= 4 is 16.9 Å². The molecule has 0 radical (unpaired) electrons. The van der Waals surface area contributed by atoms with Gasteiger partial charge in [0.25, 0.3) is 5.91 Å². The lowest BCUT2D eigenvalue weighted by Gasteiger charge is -2.52. The molecule has 1 aliphatic heterocycles. The van der Waals surface area contributed by atoms with Crippen LogP contribution in [0.1, 0.15) is 36.9 Å². The molecule has 11 nitrogen and oxygen atoms in total. The molecule has 0 bridgehead atoms. The fourth-order valence-electron chi connectivity index (χ4n) is 5.36. The number of piperazine rings is 1. The number of hydrogen-bond donors (Lipinski definition) is 1. The summed E-state index contributed by atoms with van der Waals surface area (Å²) in [5, 5.41) is 15.0. The third-order valence-corrected chi connectivity index (χ3v) is 7.42. The summed E-state index contributed by atoms with van der Waals surface area (Å²) in [6.07, 6.45) is 2.94. The summed E-state index contributed by atoms with van der Waals surface area (Å²) >= 11 is 0. The lowest BCUT2D eigenvalue weighted by Crippen LogP contribution is -2.60. The summed E-state index contributed by atoms with van der Waals surface area (Å²) in [5.41, 5.74) is 1.05. The molecule has 14 heteroatoms.